The van der Waals surface area contributed by atoms with E-state index in [0.29, 0.717) is 18.8 Å². The van der Waals surface area contributed by atoms with Gasteiger partial charge in [-0.25, -0.2) is 9.97 Å². The Morgan fingerprint density at radius 3 is 2.50 bits per heavy atom. The summed E-state index contributed by atoms with van der Waals surface area (Å²) >= 11 is 1.62. The summed E-state index contributed by atoms with van der Waals surface area (Å²) in [5, 5.41) is 6.53. The first-order chi connectivity index (χ1) is 14.7. The van der Waals surface area contributed by atoms with E-state index in [-0.39, 0.29) is 5.91 Å². The third-order valence-electron chi connectivity index (χ3n) is 5.27. The molecule has 9 heteroatoms. The summed E-state index contributed by atoms with van der Waals surface area (Å²) < 4.78 is 3.63. The van der Waals surface area contributed by atoms with E-state index in [0.717, 1.165) is 35.3 Å². The molecule has 0 spiro atoms. The fourth-order valence-corrected chi connectivity index (χ4v) is 4.33. The molecule has 4 aromatic rings. The Morgan fingerprint density at radius 2 is 1.77 bits per heavy atom. The molecule has 4 aromatic heterocycles. The zero-order valence-electron chi connectivity index (χ0n) is 16.5. The Hall–Kier alpha value is -3.46. The number of aromatic nitrogens is 5. The summed E-state index contributed by atoms with van der Waals surface area (Å²) in [5.41, 5.74) is 1.46. The predicted molar refractivity (Wildman–Crippen MR) is 116 cm³/mol. The maximum Gasteiger partial charge on any atom is 0.272 e. The van der Waals surface area contributed by atoms with Crippen LogP contribution < -0.4 is 4.90 Å². The predicted octanol–water partition coefficient (Wildman–Crippen LogP) is 2.69. The van der Waals surface area contributed by atoms with Gasteiger partial charge in [0.05, 0.1) is 4.88 Å². The second-order valence-electron chi connectivity index (χ2n) is 7.12. The van der Waals surface area contributed by atoms with Crippen molar-refractivity contribution in [3.8, 4) is 16.4 Å². The highest BCUT2D eigenvalue weighted by molar-refractivity contribution is 7.13. The number of aryl methyl sites for hydroxylation is 1. The largest absolute Gasteiger partial charge is 0.353 e. The van der Waals surface area contributed by atoms with Gasteiger partial charge in [-0.3, -0.25) is 9.48 Å². The molecule has 0 aromatic carbocycles. The summed E-state index contributed by atoms with van der Waals surface area (Å²) in [6.07, 6.45) is 5.51. The molecule has 0 atom stereocenters. The van der Waals surface area contributed by atoms with Crippen LogP contribution in [-0.4, -0.2) is 61.3 Å². The van der Waals surface area contributed by atoms with Crippen molar-refractivity contribution in [2.75, 3.05) is 31.1 Å². The lowest BCUT2D eigenvalue weighted by molar-refractivity contribution is 0.0735. The second-order valence-corrected chi connectivity index (χ2v) is 8.07. The lowest BCUT2D eigenvalue weighted by Crippen LogP contribution is -2.49. The first kappa shape index (κ1) is 18.6. The Balaban J connectivity index is 1.27. The van der Waals surface area contributed by atoms with Gasteiger partial charge in [-0.2, -0.15) is 5.10 Å². The molecular formula is C21H21N7OS. The molecule has 5 rings (SSSR count). The first-order valence-electron chi connectivity index (χ1n) is 9.76. The van der Waals surface area contributed by atoms with Crippen molar-refractivity contribution >= 4 is 23.1 Å². The highest BCUT2D eigenvalue weighted by Crippen LogP contribution is 2.25. The zero-order chi connectivity index (χ0) is 20.5. The van der Waals surface area contributed by atoms with Crippen LogP contribution in [0.1, 0.15) is 10.5 Å². The monoisotopic (exact) mass is 419 g/mol. The Labute approximate surface area is 178 Å². The molecular weight excluding hydrogens is 398 g/mol. The normalized spacial score (nSPS) is 14.3. The summed E-state index contributed by atoms with van der Waals surface area (Å²) in [6.45, 7) is 2.73. The van der Waals surface area contributed by atoms with Crippen LogP contribution in [0, 0.1) is 0 Å². The average molecular weight is 420 g/mol. The van der Waals surface area contributed by atoms with Crippen molar-refractivity contribution in [1.29, 1.82) is 0 Å². The standard InChI is InChI=1S/C21H21N7OS/c1-25-17(13-16(24-25)18-5-4-12-30-18)21(29)28-10-8-27(9-11-28)20-14-19(22-15-23-20)26-6-2-3-7-26/h2-7,12-15H,8-11H2,1H3. The number of thiophene rings is 1. The van der Waals surface area contributed by atoms with Crippen molar-refractivity contribution in [1.82, 2.24) is 29.2 Å². The van der Waals surface area contributed by atoms with Gasteiger partial charge >= 0.3 is 0 Å². The highest BCUT2D eigenvalue weighted by atomic mass is 32.1. The Morgan fingerprint density at radius 1 is 1.00 bits per heavy atom. The van der Waals surface area contributed by atoms with Gasteiger partial charge in [-0.1, -0.05) is 6.07 Å². The van der Waals surface area contributed by atoms with E-state index in [1.54, 1.807) is 22.3 Å². The van der Waals surface area contributed by atoms with Crippen LogP contribution in [0.4, 0.5) is 5.82 Å². The van der Waals surface area contributed by atoms with E-state index in [1.165, 1.54) is 0 Å². The molecule has 1 aliphatic rings. The van der Waals surface area contributed by atoms with E-state index < -0.39 is 0 Å². The SMILES string of the molecule is Cn1nc(-c2cccs2)cc1C(=O)N1CCN(c2cc(-n3cccc3)ncn2)CC1. The molecule has 0 N–H and O–H groups in total. The van der Waals surface area contributed by atoms with Crippen LogP contribution in [-0.2, 0) is 7.05 Å². The van der Waals surface area contributed by atoms with E-state index in [9.17, 15) is 4.79 Å². The van der Waals surface area contributed by atoms with Gasteiger partial charge in [0.2, 0.25) is 0 Å². The molecule has 1 amide bonds. The number of rotatable bonds is 4. The quantitative estimate of drug-likeness (QED) is 0.509. The third-order valence-corrected chi connectivity index (χ3v) is 6.16. The molecule has 5 heterocycles. The molecule has 1 aliphatic heterocycles. The summed E-state index contributed by atoms with van der Waals surface area (Å²) in [7, 11) is 1.82. The minimum atomic E-state index is 0.0168. The maximum atomic E-state index is 13.1. The van der Waals surface area contributed by atoms with Crippen LogP contribution >= 0.6 is 11.3 Å². The minimum Gasteiger partial charge on any atom is -0.353 e. The van der Waals surface area contributed by atoms with E-state index >= 15 is 0 Å². The molecule has 1 fully saturated rings. The van der Waals surface area contributed by atoms with Gasteiger partial charge in [0.25, 0.3) is 5.91 Å². The highest BCUT2D eigenvalue weighted by Gasteiger charge is 2.25. The topological polar surface area (TPSA) is 72.1 Å². The number of carbonyl (C=O) groups excluding carboxylic acids is 1. The number of hydrogen-bond donors (Lipinski definition) is 0. The number of hydrogen-bond acceptors (Lipinski definition) is 6. The number of amides is 1. The summed E-state index contributed by atoms with van der Waals surface area (Å²) in [4.78, 5) is 27.0. The minimum absolute atomic E-state index is 0.0168. The Bertz CT molecular complexity index is 1140. The molecule has 0 unspecified atom stereocenters. The number of nitrogens with zero attached hydrogens (tertiary/aromatic N) is 7. The first-order valence-corrected chi connectivity index (χ1v) is 10.6. The van der Waals surface area contributed by atoms with Gasteiger partial charge < -0.3 is 14.4 Å². The van der Waals surface area contributed by atoms with Gasteiger partial charge in [-0.15, -0.1) is 11.3 Å². The molecule has 0 radical (unpaired) electrons. The van der Waals surface area contributed by atoms with Gasteiger partial charge in [-0.05, 0) is 29.6 Å². The maximum absolute atomic E-state index is 13.1. The fourth-order valence-electron chi connectivity index (χ4n) is 3.65. The molecule has 0 aliphatic carbocycles. The zero-order valence-corrected chi connectivity index (χ0v) is 17.4. The van der Waals surface area contributed by atoms with Crippen LogP contribution in [0.3, 0.4) is 0 Å². The van der Waals surface area contributed by atoms with Gasteiger partial charge in [0.15, 0.2) is 0 Å². The van der Waals surface area contributed by atoms with Gasteiger partial charge in [0.1, 0.15) is 29.4 Å². The van der Waals surface area contributed by atoms with Crippen molar-refractivity contribution < 1.29 is 4.79 Å². The number of piperazine rings is 1. The molecule has 1 saturated heterocycles. The molecule has 0 bridgehead atoms. The van der Waals surface area contributed by atoms with Gasteiger partial charge in [0, 0.05) is 51.7 Å². The van der Waals surface area contributed by atoms with Crippen LogP contribution in [0.25, 0.3) is 16.4 Å². The molecule has 30 heavy (non-hydrogen) atoms. The second kappa shape index (κ2) is 7.75. The van der Waals surface area contributed by atoms with Crippen LogP contribution in [0.2, 0.25) is 0 Å². The third kappa shape index (κ3) is 3.48. The molecule has 8 nitrogen and oxygen atoms in total. The van der Waals surface area contributed by atoms with E-state index in [2.05, 4.69) is 20.0 Å². The number of carbonyl (C=O) groups is 1. The van der Waals surface area contributed by atoms with Crippen molar-refractivity contribution in [2.45, 2.75) is 0 Å². The average Bonchev–Trinajstić information content (AvgIpc) is 3.55. The van der Waals surface area contributed by atoms with E-state index in [1.807, 2.05) is 70.7 Å². The fraction of sp³-hybridized carbons (Fsp3) is 0.238. The summed E-state index contributed by atoms with van der Waals surface area (Å²) in [5.74, 6) is 1.73. The molecule has 152 valence electrons. The van der Waals surface area contributed by atoms with Crippen molar-refractivity contribution in [3.05, 3.63) is 66.2 Å². The van der Waals surface area contributed by atoms with E-state index in [4.69, 9.17) is 0 Å². The Kier molecular flexibility index (Phi) is 4.80. The van der Waals surface area contributed by atoms with Crippen molar-refractivity contribution in [2.24, 2.45) is 7.05 Å². The lowest BCUT2D eigenvalue weighted by Gasteiger charge is -2.35. The molecule has 0 saturated carbocycles. The van der Waals surface area contributed by atoms with Crippen molar-refractivity contribution in [3.63, 3.8) is 0 Å². The summed E-state index contributed by atoms with van der Waals surface area (Å²) in [6, 6.07) is 11.8. The number of anilines is 1. The van der Waals surface area contributed by atoms with Crippen LogP contribution in [0.5, 0.6) is 0 Å². The van der Waals surface area contributed by atoms with Crippen LogP contribution in [0.15, 0.2) is 60.5 Å². The smallest absolute Gasteiger partial charge is 0.272 e. The lowest BCUT2D eigenvalue weighted by atomic mass is 10.2.